The van der Waals surface area contributed by atoms with Gasteiger partial charge in [0.15, 0.2) is 5.78 Å². The molecular formula is C19H18N2O3. The van der Waals surface area contributed by atoms with Crippen molar-refractivity contribution in [2.75, 3.05) is 11.9 Å². The zero-order valence-electron chi connectivity index (χ0n) is 13.3. The monoisotopic (exact) mass is 322 g/mol. The highest BCUT2D eigenvalue weighted by molar-refractivity contribution is 6.00. The minimum absolute atomic E-state index is 0.113. The van der Waals surface area contributed by atoms with Crippen molar-refractivity contribution in [2.24, 2.45) is 0 Å². The van der Waals surface area contributed by atoms with Crippen molar-refractivity contribution in [2.45, 2.75) is 13.3 Å². The average Bonchev–Trinajstić information content (AvgIpc) is 2.98. The number of aromatic amines is 1. The summed E-state index contributed by atoms with van der Waals surface area (Å²) >= 11 is 0. The molecule has 5 heteroatoms. The summed E-state index contributed by atoms with van der Waals surface area (Å²) in [6.45, 7) is 2.02. The van der Waals surface area contributed by atoms with Gasteiger partial charge in [0.25, 0.3) is 0 Å². The van der Waals surface area contributed by atoms with E-state index in [0.717, 1.165) is 11.9 Å². The van der Waals surface area contributed by atoms with Gasteiger partial charge in [0.1, 0.15) is 0 Å². The van der Waals surface area contributed by atoms with Crippen molar-refractivity contribution in [3.63, 3.8) is 0 Å². The van der Waals surface area contributed by atoms with E-state index in [1.54, 1.807) is 12.1 Å². The largest absolute Gasteiger partial charge is 0.478 e. The van der Waals surface area contributed by atoms with E-state index >= 15 is 0 Å². The lowest BCUT2D eigenvalue weighted by atomic mass is 10.1. The number of carboxylic acids is 1. The number of aromatic carboxylic acids is 1. The van der Waals surface area contributed by atoms with Crippen molar-refractivity contribution in [1.82, 2.24) is 4.98 Å². The van der Waals surface area contributed by atoms with Crippen LogP contribution < -0.4 is 5.32 Å². The second-order valence-electron chi connectivity index (χ2n) is 5.66. The van der Waals surface area contributed by atoms with E-state index in [2.05, 4.69) is 16.4 Å². The summed E-state index contributed by atoms with van der Waals surface area (Å²) in [7, 11) is 0. The van der Waals surface area contributed by atoms with Gasteiger partial charge in [0.05, 0.1) is 5.56 Å². The first-order valence-corrected chi connectivity index (χ1v) is 7.73. The third-order valence-electron chi connectivity index (χ3n) is 4.04. The van der Waals surface area contributed by atoms with Crippen LogP contribution in [-0.2, 0) is 6.42 Å². The van der Waals surface area contributed by atoms with Crippen molar-refractivity contribution in [1.29, 1.82) is 0 Å². The number of ketones is 1. The summed E-state index contributed by atoms with van der Waals surface area (Å²) in [5.74, 6) is -1.20. The van der Waals surface area contributed by atoms with Crippen LogP contribution in [0.3, 0.4) is 0 Å². The van der Waals surface area contributed by atoms with Gasteiger partial charge in [-0.25, -0.2) is 4.79 Å². The van der Waals surface area contributed by atoms with Crippen LogP contribution in [-0.4, -0.2) is 28.4 Å². The summed E-state index contributed by atoms with van der Waals surface area (Å²) in [4.78, 5) is 26.0. The Morgan fingerprint density at radius 3 is 2.71 bits per heavy atom. The lowest BCUT2D eigenvalue weighted by Gasteiger charge is -2.10. The molecule has 3 N–H and O–H groups in total. The summed E-state index contributed by atoms with van der Waals surface area (Å²) in [5.41, 5.74) is 3.29. The second-order valence-corrected chi connectivity index (χ2v) is 5.66. The minimum Gasteiger partial charge on any atom is -0.478 e. The smallest absolute Gasteiger partial charge is 0.337 e. The first-order chi connectivity index (χ1) is 11.6. The zero-order chi connectivity index (χ0) is 17.1. The quantitative estimate of drug-likeness (QED) is 0.604. The van der Waals surface area contributed by atoms with Crippen LogP contribution in [0.25, 0.3) is 10.9 Å². The molecular weight excluding hydrogens is 304 g/mol. The Balaban J connectivity index is 1.74. The summed E-state index contributed by atoms with van der Waals surface area (Å²) in [6, 6.07) is 12.8. The molecule has 0 aliphatic carbocycles. The van der Waals surface area contributed by atoms with E-state index in [0.29, 0.717) is 17.8 Å². The lowest BCUT2D eigenvalue weighted by Crippen LogP contribution is -2.10. The van der Waals surface area contributed by atoms with Gasteiger partial charge in [-0.3, -0.25) is 4.79 Å². The summed E-state index contributed by atoms with van der Waals surface area (Å²) in [6.07, 6.45) is 2.74. The molecule has 0 aliphatic heterocycles. The van der Waals surface area contributed by atoms with Crippen molar-refractivity contribution in [3.05, 3.63) is 65.4 Å². The number of fused-ring (bicyclic) bond motifs is 1. The number of para-hydroxylation sites is 1. The summed E-state index contributed by atoms with van der Waals surface area (Å²) < 4.78 is 0. The van der Waals surface area contributed by atoms with Gasteiger partial charge < -0.3 is 15.4 Å². The number of hydrogen-bond acceptors (Lipinski definition) is 3. The topological polar surface area (TPSA) is 82.2 Å². The van der Waals surface area contributed by atoms with E-state index in [-0.39, 0.29) is 11.3 Å². The Hall–Kier alpha value is -3.08. The molecule has 0 spiro atoms. The van der Waals surface area contributed by atoms with Crippen LogP contribution in [0.4, 0.5) is 5.69 Å². The molecule has 0 unspecified atom stereocenters. The van der Waals surface area contributed by atoms with E-state index < -0.39 is 5.97 Å². The fourth-order valence-corrected chi connectivity index (χ4v) is 2.76. The second kappa shape index (κ2) is 6.58. The molecule has 0 atom stereocenters. The molecule has 3 rings (SSSR count). The number of rotatable bonds is 6. The van der Waals surface area contributed by atoms with Gasteiger partial charge in [0, 0.05) is 34.9 Å². The van der Waals surface area contributed by atoms with Crippen LogP contribution >= 0.6 is 0 Å². The Labute approximate surface area is 139 Å². The maximum atomic E-state index is 11.4. The molecule has 0 saturated heterocycles. The minimum atomic E-state index is -1.05. The first-order valence-electron chi connectivity index (χ1n) is 7.73. The number of Topliss-reactive ketones (excluding diaryl/α,β-unsaturated/α-hetero) is 1. The van der Waals surface area contributed by atoms with Crippen LogP contribution in [0.1, 0.15) is 33.2 Å². The van der Waals surface area contributed by atoms with E-state index in [4.69, 9.17) is 0 Å². The third-order valence-corrected chi connectivity index (χ3v) is 4.04. The van der Waals surface area contributed by atoms with Gasteiger partial charge in [-0.15, -0.1) is 0 Å². The Morgan fingerprint density at radius 2 is 1.96 bits per heavy atom. The highest BCUT2D eigenvalue weighted by atomic mass is 16.4. The van der Waals surface area contributed by atoms with Crippen LogP contribution in [0, 0.1) is 0 Å². The van der Waals surface area contributed by atoms with E-state index in [1.165, 1.54) is 23.9 Å². The van der Waals surface area contributed by atoms with Gasteiger partial charge in [-0.2, -0.15) is 0 Å². The van der Waals surface area contributed by atoms with Crippen molar-refractivity contribution < 1.29 is 14.7 Å². The number of hydrogen-bond donors (Lipinski definition) is 3. The molecule has 0 radical (unpaired) electrons. The highest BCUT2D eigenvalue weighted by Gasteiger charge is 2.12. The average molecular weight is 322 g/mol. The first kappa shape index (κ1) is 15.8. The fraction of sp³-hybridized carbons (Fsp3) is 0.158. The lowest BCUT2D eigenvalue weighted by molar-refractivity contribution is 0.0698. The Kier molecular flexibility index (Phi) is 4.33. The fourth-order valence-electron chi connectivity index (χ4n) is 2.76. The van der Waals surface area contributed by atoms with Gasteiger partial charge in [0.2, 0.25) is 0 Å². The summed E-state index contributed by atoms with van der Waals surface area (Å²) in [5, 5.41) is 13.7. The van der Waals surface area contributed by atoms with E-state index in [9.17, 15) is 14.7 Å². The standard InChI is InChI=1S/C19H18N2O3/c1-12(22)13-6-7-18(16(10-13)19(23)24)20-9-8-14-11-21-17-5-3-2-4-15(14)17/h2-7,10-11,20-21H,8-9H2,1H3,(H,23,24). The molecule has 5 nitrogen and oxygen atoms in total. The number of H-pyrrole nitrogens is 1. The van der Waals surface area contributed by atoms with Crippen molar-refractivity contribution in [3.8, 4) is 0 Å². The number of benzene rings is 2. The molecule has 24 heavy (non-hydrogen) atoms. The van der Waals surface area contributed by atoms with Gasteiger partial charge in [-0.1, -0.05) is 18.2 Å². The van der Waals surface area contributed by atoms with Crippen LogP contribution in [0.5, 0.6) is 0 Å². The number of carbonyl (C=O) groups is 2. The maximum absolute atomic E-state index is 11.4. The number of nitrogens with one attached hydrogen (secondary N) is 2. The zero-order valence-corrected chi connectivity index (χ0v) is 13.3. The van der Waals surface area contributed by atoms with Crippen LogP contribution in [0.2, 0.25) is 0 Å². The normalized spacial score (nSPS) is 10.7. The molecule has 2 aromatic carbocycles. The van der Waals surface area contributed by atoms with Crippen molar-refractivity contribution >= 4 is 28.3 Å². The molecule has 0 bridgehead atoms. The molecule has 122 valence electrons. The number of carbonyl (C=O) groups excluding carboxylic acids is 1. The number of anilines is 1. The number of carboxylic acid groups (broad SMARTS) is 1. The molecule has 0 amide bonds. The highest BCUT2D eigenvalue weighted by Crippen LogP contribution is 2.20. The maximum Gasteiger partial charge on any atom is 0.337 e. The predicted molar refractivity (Wildman–Crippen MR) is 93.9 cm³/mol. The molecule has 3 aromatic rings. The number of aromatic nitrogens is 1. The molecule has 0 aliphatic rings. The van der Waals surface area contributed by atoms with Crippen LogP contribution in [0.15, 0.2) is 48.7 Å². The Morgan fingerprint density at radius 1 is 1.17 bits per heavy atom. The predicted octanol–water partition coefficient (Wildman–Crippen LogP) is 3.72. The molecule has 1 aromatic heterocycles. The molecule has 0 saturated carbocycles. The SMILES string of the molecule is CC(=O)c1ccc(NCCc2c[nH]c3ccccc23)c(C(=O)O)c1. The molecule has 1 heterocycles. The Bertz CT molecular complexity index is 912. The van der Waals surface area contributed by atoms with Gasteiger partial charge in [-0.05, 0) is 43.2 Å². The molecule has 0 fully saturated rings. The van der Waals surface area contributed by atoms with E-state index in [1.807, 2.05) is 24.4 Å². The van der Waals surface area contributed by atoms with Gasteiger partial charge >= 0.3 is 5.97 Å². The third kappa shape index (κ3) is 3.15.